The molecule has 5 nitrogen and oxygen atoms in total. The third-order valence-corrected chi connectivity index (χ3v) is 4.01. The lowest BCUT2D eigenvalue weighted by atomic mass is 10.1. The predicted molar refractivity (Wildman–Crippen MR) is 90.5 cm³/mol. The van der Waals surface area contributed by atoms with Crippen molar-refractivity contribution in [1.82, 2.24) is 14.8 Å². The largest absolute Gasteiger partial charge is 0.434 e. The maximum absolute atomic E-state index is 13.6. The summed E-state index contributed by atoms with van der Waals surface area (Å²) in [6, 6.07) is 4.53. The molecule has 1 aromatic carbocycles. The Hall–Kier alpha value is -3.44. The normalized spacial score (nSPS) is 12.1. The Kier molecular flexibility index (Phi) is 5.27. The standard InChI is InChI=1S/C18H11F7N4O/c1-9-6-11(19)3-4-13(9)28-16(30)12-8-27-29(15(12)18(23,24)25)14-5-2-10(7-26-14)17(20,21)22/h2-8H,1H3,(H,28,30). The number of anilines is 1. The maximum Gasteiger partial charge on any atom is 0.434 e. The molecule has 3 aromatic rings. The number of rotatable bonds is 3. The zero-order valence-corrected chi connectivity index (χ0v) is 14.9. The zero-order valence-electron chi connectivity index (χ0n) is 14.9. The summed E-state index contributed by atoms with van der Waals surface area (Å²) >= 11 is 0. The Morgan fingerprint density at radius 3 is 2.23 bits per heavy atom. The molecule has 2 heterocycles. The molecule has 0 unspecified atom stereocenters. The van der Waals surface area contributed by atoms with Gasteiger partial charge in [0.25, 0.3) is 5.91 Å². The first-order chi connectivity index (χ1) is 13.9. The lowest BCUT2D eigenvalue weighted by Gasteiger charge is -2.13. The zero-order chi connectivity index (χ0) is 22.3. The van der Waals surface area contributed by atoms with Gasteiger partial charge >= 0.3 is 12.4 Å². The van der Waals surface area contributed by atoms with E-state index in [1.165, 1.54) is 13.0 Å². The number of pyridine rings is 1. The van der Waals surface area contributed by atoms with Crippen molar-refractivity contribution < 1.29 is 35.5 Å². The van der Waals surface area contributed by atoms with Gasteiger partial charge in [-0.25, -0.2) is 14.1 Å². The van der Waals surface area contributed by atoms with Crippen LogP contribution >= 0.6 is 0 Å². The van der Waals surface area contributed by atoms with E-state index in [-0.39, 0.29) is 15.9 Å². The van der Waals surface area contributed by atoms with Crippen LogP contribution in [0, 0.1) is 12.7 Å². The number of aromatic nitrogens is 3. The van der Waals surface area contributed by atoms with E-state index < -0.39 is 46.7 Å². The molecule has 2 aromatic heterocycles. The summed E-state index contributed by atoms with van der Waals surface area (Å²) in [4.78, 5) is 15.8. The average Bonchev–Trinajstić information content (AvgIpc) is 3.09. The van der Waals surface area contributed by atoms with Crippen LogP contribution in [0.5, 0.6) is 0 Å². The molecule has 12 heteroatoms. The van der Waals surface area contributed by atoms with Gasteiger partial charge in [0.05, 0.1) is 17.3 Å². The van der Waals surface area contributed by atoms with Crippen molar-refractivity contribution >= 4 is 11.6 Å². The van der Waals surface area contributed by atoms with E-state index in [0.29, 0.717) is 24.5 Å². The summed E-state index contributed by atoms with van der Waals surface area (Å²) in [5.74, 6) is -2.34. The number of hydrogen-bond donors (Lipinski definition) is 1. The van der Waals surface area contributed by atoms with Crippen LogP contribution < -0.4 is 5.32 Å². The SMILES string of the molecule is Cc1cc(F)ccc1NC(=O)c1cnn(-c2ccc(C(F)(F)F)cn2)c1C(F)(F)F. The van der Waals surface area contributed by atoms with Crippen LogP contribution in [0.2, 0.25) is 0 Å². The Morgan fingerprint density at radius 1 is 1.00 bits per heavy atom. The minimum atomic E-state index is -5.08. The number of aryl methyl sites for hydroxylation is 1. The van der Waals surface area contributed by atoms with E-state index >= 15 is 0 Å². The molecule has 0 fully saturated rings. The Balaban J connectivity index is 2.01. The number of nitrogens with one attached hydrogen (secondary N) is 1. The topological polar surface area (TPSA) is 59.8 Å². The first kappa shape index (κ1) is 21.3. The van der Waals surface area contributed by atoms with Gasteiger partial charge in [-0.1, -0.05) is 0 Å². The molecule has 1 N–H and O–H groups in total. The predicted octanol–water partition coefficient (Wildman–Crippen LogP) is 5.00. The highest BCUT2D eigenvalue weighted by Crippen LogP contribution is 2.34. The molecular weight excluding hydrogens is 421 g/mol. The van der Waals surface area contributed by atoms with Crippen LogP contribution in [-0.2, 0) is 12.4 Å². The quantitative estimate of drug-likeness (QED) is 0.593. The fraction of sp³-hybridized carbons (Fsp3) is 0.167. The Labute approximate surface area is 164 Å². The van der Waals surface area contributed by atoms with Crippen LogP contribution in [0.4, 0.5) is 36.4 Å². The molecule has 0 bridgehead atoms. The molecule has 1 amide bonds. The van der Waals surface area contributed by atoms with Crippen molar-refractivity contribution in [3.63, 3.8) is 0 Å². The smallest absolute Gasteiger partial charge is 0.322 e. The summed E-state index contributed by atoms with van der Waals surface area (Å²) in [5.41, 5.74) is -3.21. The van der Waals surface area contributed by atoms with Gasteiger partial charge < -0.3 is 5.32 Å². The molecule has 0 spiro atoms. The summed E-state index contributed by atoms with van der Waals surface area (Å²) in [6.45, 7) is 1.44. The van der Waals surface area contributed by atoms with Gasteiger partial charge in [-0.3, -0.25) is 4.79 Å². The third-order valence-electron chi connectivity index (χ3n) is 4.01. The Morgan fingerprint density at radius 2 is 1.70 bits per heavy atom. The van der Waals surface area contributed by atoms with Gasteiger partial charge in [0.15, 0.2) is 11.5 Å². The van der Waals surface area contributed by atoms with E-state index in [9.17, 15) is 35.5 Å². The monoisotopic (exact) mass is 432 g/mol. The minimum absolute atomic E-state index is 0.0786. The molecule has 0 atom stereocenters. The fourth-order valence-electron chi connectivity index (χ4n) is 2.60. The average molecular weight is 432 g/mol. The molecule has 158 valence electrons. The van der Waals surface area contributed by atoms with E-state index in [1.54, 1.807) is 0 Å². The molecule has 0 saturated heterocycles. The number of carbonyl (C=O) groups is 1. The lowest BCUT2D eigenvalue weighted by Crippen LogP contribution is -2.21. The van der Waals surface area contributed by atoms with Crippen molar-refractivity contribution in [1.29, 1.82) is 0 Å². The van der Waals surface area contributed by atoms with Crippen LogP contribution in [0.1, 0.15) is 27.2 Å². The van der Waals surface area contributed by atoms with Gasteiger partial charge in [0.2, 0.25) is 0 Å². The fourth-order valence-corrected chi connectivity index (χ4v) is 2.60. The molecule has 3 rings (SSSR count). The van der Waals surface area contributed by atoms with Crippen LogP contribution in [0.15, 0.2) is 42.7 Å². The van der Waals surface area contributed by atoms with Gasteiger partial charge in [-0.15, -0.1) is 0 Å². The first-order valence-corrected chi connectivity index (χ1v) is 8.14. The second-order valence-electron chi connectivity index (χ2n) is 6.13. The lowest BCUT2D eigenvalue weighted by molar-refractivity contribution is -0.143. The van der Waals surface area contributed by atoms with Crippen molar-refractivity contribution in [3.05, 3.63) is 70.9 Å². The van der Waals surface area contributed by atoms with Crippen LogP contribution in [-0.4, -0.2) is 20.7 Å². The number of halogens is 7. The van der Waals surface area contributed by atoms with E-state index in [2.05, 4.69) is 15.4 Å². The van der Waals surface area contributed by atoms with Crippen molar-refractivity contribution in [3.8, 4) is 5.82 Å². The third kappa shape index (κ3) is 4.26. The highest BCUT2D eigenvalue weighted by atomic mass is 19.4. The molecule has 0 aliphatic rings. The number of alkyl halides is 6. The summed E-state index contributed by atoms with van der Waals surface area (Å²) < 4.78 is 92.2. The maximum atomic E-state index is 13.6. The van der Waals surface area contributed by atoms with Crippen molar-refractivity contribution in [2.75, 3.05) is 5.32 Å². The van der Waals surface area contributed by atoms with E-state index in [1.807, 2.05) is 0 Å². The first-order valence-electron chi connectivity index (χ1n) is 8.14. The second kappa shape index (κ2) is 7.43. The summed E-state index contributed by atoms with van der Waals surface area (Å²) in [7, 11) is 0. The van der Waals surface area contributed by atoms with Gasteiger partial charge in [0.1, 0.15) is 5.82 Å². The van der Waals surface area contributed by atoms with Crippen LogP contribution in [0.3, 0.4) is 0 Å². The van der Waals surface area contributed by atoms with Gasteiger partial charge in [-0.05, 0) is 42.8 Å². The van der Waals surface area contributed by atoms with Gasteiger partial charge in [0, 0.05) is 11.9 Å². The molecule has 0 aliphatic carbocycles. The van der Waals surface area contributed by atoms with Gasteiger partial charge in [-0.2, -0.15) is 31.4 Å². The molecule has 30 heavy (non-hydrogen) atoms. The number of amides is 1. The highest BCUT2D eigenvalue weighted by molar-refractivity contribution is 6.05. The number of benzene rings is 1. The summed E-state index contributed by atoms with van der Waals surface area (Å²) in [5, 5.41) is 5.71. The second-order valence-corrected chi connectivity index (χ2v) is 6.13. The van der Waals surface area contributed by atoms with E-state index in [4.69, 9.17) is 0 Å². The van der Waals surface area contributed by atoms with Crippen molar-refractivity contribution in [2.45, 2.75) is 19.3 Å². The van der Waals surface area contributed by atoms with Crippen LogP contribution in [0.25, 0.3) is 5.82 Å². The highest BCUT2D eigenvalue weighted by Gasteiger charge is 2.41. The molecule has 0 radical (unpaired) electrons. The summed E-state index contributed by atoms with van der Waals surface area (Å²) in [6.07, 6.45) is -8.82. The van der Waals surface area contributed by atoms with E-state index in [0.717, 1.165) is 12.1 Å². The number of carbonyl (C=O) groups excluding carboxylic acids is 1. The number of hydrogen-bond acceptors (Lipinski definition) is 3. The Bertz CT molecular complexity index is 1090. The molecular formula is C18H11F7N4O. The minimum Gasteiger partial charge on any atom is -0.322 e. The molecule has 0 aliphatic heterocycles. The van der Waals surface area contributed by atoms with Crippen molar-refractivity contribution in [2.24, 2.45) is 0 Å². The molecule has 0 saturated carbocycles. The number of nitrogens with zero attached hydrogens (tertiary/aromatic N) is 3.